The summed E-state index contributed by atoms with van der Waals surface area (Å²) in [5.41, 5.74) is 0. The highest BCUT2D eigenvalue weighted by molar-refractivity contribution is 5.91. The molecule has 0 aromatic carbocycles. The van der Waals surface area contributed by atoms with Crippen LogP contribution in [-0.2, 0) is 19.1 Å². The Balaban J connectivity index is 0. The maximum atomic E-state index is 10.6. The van der Waals surface area contributed by atoms with E-state index in [-0.39, 0.29) is 0 Å². The quantitative estimate of drug-likeness (QED) is 0.531. The van der Waals surface area contributed by atoms with Gasteiger partial charge in [0, 0.05) is 12.2 Å². The van der Waals surface area contributed by atoms with Gasteiger partial charge in [0.15, 0.2) is 0 Å². The molecule has 0 saturated heterocycles. The van der Waals surface area contributed by atoms with Crippen LogP contribution in [0, 0.1) is 6.42 Å². The summed E-state index contributed by atoms with van der Waals surface area (Å²) in [6, 6.07) is 0. The summed E-state index contributed by atoms with van der Waals surface area (Å²) in [5.74, 6) is -1.07. The Labute approximate surface area is 91.3 Å². The zero-order valence-corrected chi connectivity index (χ0v) is 9.78. The normalized spacial score (nSPS) is 9.07. The van der Waals surface area contributed by atoms with Crippen LogP contribution in [0.15, 0.2) is 12.2 Å². The second-order valence-corrected chi connectivity index (χ2v) is 2.41. The van der Waals surface area contributed by atoms with Gasteiger partial charge in [-0.2, -0.15) is 0 Å². The zero-order valence-electron chi connectivity index (χ0n) is 9.78. The molecule has 0 heterocycles. The molecule has 0 bridgehead atoms. The molecule has 0 aliphatic carbocycles. The van der Waals surface area contributed by atoms with E-state index in [0.717, 1.165) is 12.2 Å². The molecule has 0 aromatic heterocycles. The van der Waals surface area contributed by atoms with Crippen LogP contribution in [0.5, 0.6) is 0 Å². The Morgan fingerprint density at radius 1 is 0.933 bits per heavy atom. The average Bonchev–Trinajstić information content (AvgIpc) is 2.17. The number of hydrogen-bond donors (Lipinski definition) is 0. The first-order valence-corrected chi connectivity index (χ1v) is 4.87. The van der Waals surface area contributed by atoms with E-state index in [1.165, 1.54) is 0 Å². The molecule has 0 aliphatic heterocycles. The van der Waals surface area contributed by atoms with Gasteiger partial charge in [0.05, 0.1) is 13.2 Å². The molecule has 0 amide bonds. The summed E-state index contributed by atoms with van der Waals surface area (Å²) in [7, 11) is 0. The Hall–Kier alpha value is -1.32. The summed E-state index contributed by atoms with van der Waals surface area (Å²) in [4.78, 5) is 21.3. The molecule has 87 valence electrons. The third kappa shape index (κ3) is 15.4. The predicted octanol–water partition coefficient (Wildman–Crippen LogP) is 1.90. The minimum absolute atomic E-state index is 0.298. The molecule has 0 N–H and O–H groups in total. The Morgan fingerprint density at radius 3 is 1.40 bits per heavy atom. The van der Waals surface area contributed by atoms with Crippen molar-refractivity contribution in [1.82, 2.24) is 0 Å². The maximum absolute atomic E-state index is 10.6. The molecule has 0 saturated carbocycles. The van der Waals surface area contributed by atoms with Crippen LogP contribution < -0.4 is 0 Å². The highest BCUT2D eigenvalue weighted by Gasteiger charge is 1.97. The van der Waals surface area contributed by atoms with Crippen molar-refractivity contribution in [2.45, 2.75) is 27.7 Å². The van der Waals surface area contributed by atoms with E-state index in [1.807, 2.05) is 20.3 Å². The molecule has 0 rings (SSSR count). The van der Waals surface area contributed by atoms with E-state index in [0.29, 0.717) is 13.2 Å². The molecular weight excluding hydrogens is 196 g/mol. The van der Waals surface area contributed by atoms with E-state index in [4.69, 9.17) is 0 Å². The highest BCUT2D eigenvalue weighted by Crippen LogP contribution is 1.84. The highest BCUT2D eigenvalue weighted by atomic mass is 16.5. The summed E-state index contributed by atoms with van der Waals surface area (Å²) in [6.07, 6.45) is 4.09. The van der Waals surface area contributed by atoms with Crippen LogP contribution >= 0.6 is 0 Å². The van der Waals surface area contributed by atoms with Crippen molar-refractivity contribution in [3.8, 4) is 0 Å². The fourth-order valence-corrected chi connectivity index (χ4v) is 0.517. The molecule has 0 aromatic rings. The van der Waals surface area contributed by atoms with Gasteiger partial charge in [0.2, 0.25) is 0 Å². The smallest absolute Gasteiger partial charge is 0.330 e. The first-order chi connectivity index (χ1) is 7.12. The molecule has 1 radical (unpaired) electrons. The third-order valence-electron chi connectivity index (χ3n) is 0.929. The number of hydrogen-bond acceptors (Lipinski definition) is 4. The number of carbonyl (C=O) groups excluding carboxylic acids is 2. The van der Waals surface area contributed by atoms with E-state index in [9.17, 15) is 9.59 Å². The zero-order chi connectivity index (χ0) is 12.1. The van der Waals surface area contributed by atoms with Crippen LogP contribution in [0.1, 0.15) is 27.7 Å². The van der Waals surface area contributed by atoms with E-state index >= 15 is 0 Å². The first-order valence-electron chi connectivity index (χ1n) is 4.87. The molecule has 0 fully saturated rings. The van der Waals surface area contributed by atoms with Crippen LogP contribution in [-0.4, -0.2) is 25.2 Å². The third-order valence-corrected chi connectivity index (χ3v) is 0.929. The molecule has 15 heavy (non-hydrogen) atoms. The SMILES string of the molecule is CCOC(=O)/C=C/C(=O)OCC.C[CH]C. The topological polar surface area (TPSA) is 52.6 Å². The van der Waals surface area contributed by atoms with E-state index in [1.54, 1.807) is 13.8 Å². The van der Waals surface area contributed by atoms with Crippen LogP contribution in [0.2, 0.25) is 0 Å². The van der Waals surface area contributed by atoms with Crippen molar-refractivity contribution in [2.24, 2.45) is 0 Å². The number of rotatable bonds is 4. The van der Waals surface area contributed by atoms with Gasteiger partial charge in [-0.3, -0.25) is 0 Å². The minimum atomic E-state index is -0.537. The van der Waals surface area contributed by atoms with Crippen LogP contribution in [0.3, 0.4) is 0 Å². The largest absolute Gasteiger partial charge is 0.463 e. The van der Waals surface area contributed by atoms with Crippen molar-refractivity contribution in [3.05, 3.63) is 18.6 Å². The molecule has 4 heteroatoms. The molecular formula is C11H19O4. The Bertz CT molecular complexity index is 177. The lowest BCUT2D eigenvalue weighted by Crippen LogP contribution is -2.03. The van der Waals surface area contributed by atoms with Crippen molar-refractivity contribution in [3.63, 3.8) is 0 Å². The van der Waals surface area contributed by atoms with Crippen molar-refractivity contribution in [1.29, 1.82) is 0 Å². The van der Waals surface area contributed by atoms with Gasteiger partial charge in [-0.15, -0.1) is 0 Å². The summed E-state index contributed by atoms with van der Waals surface area (Å²) >= 11 is 0. The summed E-state index contributed by atoms with van der Waals surface area (Å²) in [5, 5.41) is 0. The molecule has 4 nitrogen and oxygen atoms in total. The van der Waals surface area contributed by atoms with Crippen molar-refractivity contribution < 1.29 is 19.1 Å². The monoisotopic (exact) mass is 215 g/mol. The number of ether oxygens (including phenoxy) is 2. The Kier molecular flexibility index (Phi) is 13.6. The molecule has 0 unspecified atom stereocenters. The van der Waals surface area contributed by atoms with Gasteiger partial charge < -0.3 is 9.47 Å². The molecule has 0 aliphatic rings. The fraction of sp³-hybridized carbons (Fsp3) is 0.545. The predicted molar refractivity (Wildman–Crippen MR) is 58.1 cm³/mol. The van der Waals surface area contributed by atoms with E-state index in [2.05, 4.69) is 9.47 Å². The lowest BCUT2D eigenvalue weighted by molar-refractivity contribution is -0.140. The minimum Gasteiger partial charge on any atom is -0.463 e. The van der Waals surface area contributed by atoms with Gasteiger partial charge in [0.25, 0.3) is 0 Å². The molecule has 0 spiro atoms. The van der Waals surface area contributed by atoms with Crippen LogP contribution in [0.4, 0.5) is 0 Å². The lowest BCUT2D eigenvalue weighted by atomic mass is 10.5. The Morgan fingerprint density at radius 2 is 1.20 bits per heavy atom. The van der Waals surface area contributed by atoms with Crippen molar-refractivity contribution in [2.75, 3.05) is 13.2 Å². The van der Waals surface area contributed by atoms with E-state index < -0.39 is 11.9 Å². The standard InChI is InChI=1S/C8H12O4.C3H7/c1-3-11-7(9)5-6-8(10)12-4-2;1-3-2/h5-6H,3-4H2,1-2H3;3H,1-2H3/b6-5+;. The van der Waals surface area contributed by atoms with Gasteiger partial charge in [-0.1, -0.05) is 13.8 Å². The fourth-order valence-electron chi connectivity index (χ4n) is 0.517. The van der Waals surface area contributed by atoms with Gasteiger partial charge in [-0.25, -0.2) is 9.59 Å². The number of esters is 2. The molecule has 0 atom stereocenters. The van der Waals surface area contributed by atoms with Gasteiger partial charge in [-0.05, 0) is 20.3 Å². The second kappa shape index (κ2) is 12.7. The van der Waals surface area contributed by atoms with Crippen molar-refractivity contribution >= 4 is 11.9 Å². The summed E-state index contributed by atoms with van der Waals surface area (Å²) < 4.78 is 9.07. The summed E-state index contributed by atoms with van der Waals surface area (Å²) in [6.45, 7) is 7.98. The van der Waals surface area contributed by atoms with Gasteiger partial charge in [0.1, 0.15) is 0 Å². The average molecular weight is 215 g/mol. The second-order valence-electron chi connectivity index (χ2n) is 2.41. The lowest BCUT2D eigenvalue weighted by Gasteiger charge is -1.95. The number of carbonyl (C=O) groups is 2. The first kappa shape index (κ1) is 16.1. The maximum Gasteiger partial charge on any atom is 0.330 e. The van der Waals surface area contributed by atoms with Gasteiger partial charge >= 0.3 is 11.9 Å². The van der Waals surface area contributed by atoms with Crippen LogP contribution in [0.25, 0.3) is 0 Å².